The third-order valence-corrected chi connectivity index (χ3v) is 2.41. The number of nitrogens with two attached hydrogens (primary N) is 1. The summed E-state index contributed by atoms with van der Waals surface area (Å²) in [5.41, 5.74) is 8.12. The van der Waals surface area contributed by atoms with Crippen molar-refractivity contribution in [2.75, 3.05) is 0 Å². The van der Waals surface area contributed by atoms with Crippen LogP contribution in [0.2, 0.25) is 0 Å². The van der Waals surface area contributed by atoms with Crippen LogP contribution in [0.1, 0.15) is 24.5 Å². The Hall–Kier alpha value is -1.08. The fourth-order valence-corrected chi connectivity index (χ4v) is 1.58. The van der Waals surface area contributed by atoms with Crippen LogP contribution in [0.4, 0.5) is 0 Å². The highest BCUT2D eigenvalue weighted by Gasteiger charge is 2.01. The van der Waals surface area contributed by atoms with Gasteiger partial charge < -0.3 is 5.73 Å². The SMILES string of the molecule is C=CCC(C)Cc1ccc(CN)cc1. The fourth-order valence-electron chi connectivity index (χ4n) is 1.58. The molecule has 0 heterocycles. The van der Waals surface area contributed by atoms with E-state index in [4.69, 9.17) is 5.73 Å². The highest BCUT2D eigenvalue weighted by atomic mass is 14.5. The van der Waals surface area contributed by atoms with Crippen molar-refractivity contribution in [2.45, 2.75) is 26.3 Å². The molecule has 0 aliphatic carbocycles. The maximum absolute atomic E-state index is 5.54. The van der Waals surface area contributed by atoms with Gasteiger partial charge >= 0.3 is 0 Å². The van der Waals surface area contributed by atoms with Crippen LogP contribution in [0.25, 0.3) is 0 Å². The zero-order valence-electron chi connectivity index (χ0n) is 8.87. The lowest BCUT2D eigenvalue weighted by atomic mass is 9.97. The summed E-state index contributed by atoms with van der Waals surface area (Å²) in [7, 11) is 0. The molecule has 1 unspecified atom stereocenters. The van der Waals surface area contributed by atoms with E-state index in [9.17, 15) is 0 Å². The normalized spacial score (nSPS) is 12.4. The molecule has 14 heavy (non-hydrogen) atoms. The average molecular weight is 189 g/mol. The van der Waals surface area contributed by atoms with Crippen LogP contribution in [0, 0.1) is 5.92 Å². The van der Waals surface area contributed by atoms with Crippen molar-refractivity contribution in [3.63, 3.8) is 0 Å². The summed E-state index contributed by atoms with van der Waals surface area (Å²) in [5, 5.41) is 0. The molecular weight excluding hydrogens is 170 g/mol. The number of hydrogen-bond donors (Lipinski definition) is 1. The van der Waals surface area contributed by atoms with Crippen LogP contribution in [0.5, 0.6) is 0 Å². The van der Waals surface area contributed by atoms with E-state index in [1.807, 2.05) is 6.08 Å². The van der Waals surface area contributed by atoms with Crippen LogP contribution < -0.4 is 5.73 Å². The Balaban J connectivity index is 2.54. The molecule has 1 atom stereocenters. The molecule has 0 fully saturated rings. The Morgan fingerprint density at radius 3 is 2.36 bits per heavy atom. The van der Waals surface area contributed by atoms with Crippen molar-refractivity contribution < 1.29 is 0 Å². The second kappa shape index (κ2) is 5.61. The Kier molecular flexibility index (Phi) is 4.41. The monoisotopic (exact) mass is 189 g/mol. The summed E-state index contributed by atoms with van der Waals surface area (Å²) in [6.07, 6.45) is 4.19. The number of allylic oxidation sites excluding steroid dienone is 1. The van der Waals surface area contributed by atoms with Gasteiger partial charge in [-0.25, -0.2) is 0 Å². The predicted molar refractivity (Wildman–Crippen MR) is 62.0 cm³/mol. The predicted octanol–water partition coefficient (Wildman–Crippen LogP) is 2.90. The first-order chi connectivity index (χ1) is 6.76. The van der Waals surface area contributed by atoms with Gasteiger partial charge in [0, 0.05) is 6.54 Å². The van der Waals surface area contributed by atoms with Gasteiger partial charge in [0.15, 0.2) is 0 Å². The molecule has 0 radical (unpaired) electrons. The lowest BCUT2D eigenvalue weighted by Gasteiger charge is -2.08. The van der Waals surface area contributed by atoms with Gasteiger partial charge in [0.1, 0.15) is 0 Å². The van der Waals surface area contributed by atoms with Gasteiger partial charge in [0.05, 0.1) is 0 Å². The van der Waals surface area contributed by atoms with Crippen molar-refractivity contribution in [1.29, 1.82) is 0 Å². The molecule has 76 valence electrons. The molecule has 0 spiro atoms. The van der Waals surface area contributed by atoms with Gasteiger partial charge in [0.25, 0.3) is 0 Å². The van der Waals surface area contributed by atoms with Crippen molar-refractivity contribution in [3.8, 4) is 0 Å². The third-order valence-electron chi connectivity index (χ3n) is 2.41. The third kappa shape index (κ3) is 3.35. The molecule has 0 saturated heterocycles. The van der Waals surface area contributed by atoms with E-state index in [-0.39, 0.29) is 0 Å². The second-order valence-corrected chi connectivity index (χ2v) is 3.85. The van der Waals surface area contributed by atoms with Gasteiger partial charge in [-0.15, -0.1) is 6.58 Å². The van der Waals surface area contributed by atoms with Crippen molar-refractivity contribution in [2.24, 2.45) is 11.7 Å². The maximum atomic E-state index is 5.54. The summed E-state index contributed by atoms with van der Waals surface area (Å²) < 4.78 is 0. The molecular formula is C13H19N. The zero-order chi connectivity index (χ0) is 10.4. The Labute approximate surface area is 86.6 Å². The average Bonchev–Trinajstić information content (AvgIpc) is 2.19. The van der Waals surface area contributed by atoms with E-state index in [1.54, 1.807) is 0 Å². The number of rotatable bonds is 5. The number of benzene rings is 1. The van der Waals surface area contributed by atoms with E-state index in [0.717, 1.165) is 12.8 Å². The summed E-state index contributed by atoms with van der Waals surface area (Å²) in [6.45, 7) is 6.63. The van der Waals surface area contributed by atoms with Crippen molar-refractivity contribution in [3.05, 3.63) is 48.0 Å². The molecule has 2 N–H and O–H groups in total. The minimum atomic E-state index is 0.627. The van der Waals surface area contributed by atoms with E-state index < -0.39 is 0 Å². The highest BCUT2D eigenvalue weighted by molar-refractivity contribution is 5.22. The van der Waals surface area contributed by atoms with Gasteiger partial charge in [0.2, 0.25) is 0 Å². The molecule has 1 rings (SSSR count). The zero-order valence-corrected chi connectivity index (χ0v) is 8.87. The largest absolute Gasteiger partial charge is 0.326 e. The molecule has 0 aliphatic heterocycles. The molecule has 0 saturated carbocycles. The minimum Gasteiger partial charge on any atom is -0.326 e. The van der Waals surface area contributed by atoms with Crippen LogP contribution in [0.3, 0.4) is 0 Å². The molecule has 0 aliphatic rings. The van der Waals surface area contributed by atoms with Crippen molar-refractivity contribution in [1.82, 2.24) is 0 Å². The molecule has 0 amide bonds. The van der Waals surface area contributed by atoms with Gasteiger partial charge in [-0.1, -0.05) is 37.3 Å². The van der Waals surface area contributed by atoms with E-state index in [0.29, 0.717) is 12.5 Å². The van der Waals surface area contributed by atoms with E-state index >= 15 is 0 Å². The standard InChI is InChI=1S/C13H19N/c1-3-4-11(2)9-12-5-7-13(10-14)8-6-12/h3,5-8,11H,1,4,9-10,14H2,2H3. The summed E-state index contributed by atoms with van der Waals surface area (Å²) in [6, 6.07) is 8.55. The van der Waals surface area contributed by atoms with Gasteiger partial charge in [-0.2, -0.15) is 0 Å². The summed E-state index contributed by atoms with van der Waals surface area (Å²) >= 11 is 0. The molecule has 0 aromatic heterocycles. The first-order valence-electron chi connectivity index (χ1n) is 5.15. The minimum absolute atomic E-state index is 0.627. The first-order valence-corrected chi connectivity index (χ1v) is 5.15. The lowest BCUT2D eigenvalue weighted by molar-refractivity contribution is 0.590. The molecule has 1 aromatic rings. The Bertz CT molecular complexity index is 274. The smallest absolute Gasteiger partial charge is 0.0178 e. The maximum Gasteiger partial charge on any atom is 0.0178 e. The Morgan fingerprint density at radius 1 is 1.29 bits per heavy atom. The van der Waals surface area contributed by atoms with E-state index in [2.05, 4.69) is 37.8 Å². The molecule has 0 bridgehead atoms. The molecule has 1 heteroatoms. The van der Waals surface area contributed by atoms with Crippen LogP contribution in [-0.2, 0) is 13.0 Å². The topological polar surface area (TPSA) is 26.0 Å². The van der Waals surface area contributed by atoms with Crippen LogP contribution in [-0.4, -0.2) is 0 Å². The quantitative estimate of drug-likeness (QED) is 0.708. The number of hydrogen-bond acceptors (Lipinski definition) is 1. The van der Waals surface area contributed by atoms with Crippen LogP contribution >= 0.6 is 0 Å². The Morgan fingerprint density at radius 2 is 1.86 bits per heavy atom. The lowest BCUT2D eigenvalue weighted by Crippen LogP contribution is -2.00. The second-order valence-electron chi connectivity index (χ2n) is 3.85. The van der Waals surface area contributed by atoms with Crippen molar-refractivity contribution >= 4 is 0 Å². The fraction of sp³-hybridized carbons (Fsp3) is 0.385. The summed E-state index contributed by atoms with van der Waals surface area (Å²) in [4.78, 5) is 0. The van der Waals surface area contributed by atoms with Gasteiger partial charge in [-0.3, -0.25) is 0 Å². The first kappa shape index (κ1) is 11.0. The van der Waals surface area contributed by atoms with E-state index in [1.165, 1.54) is 11.1 Å². The van der Waals surface area contributed by atoms with Crippen LogP contribution in [0.15, 0.2) is 36.9 Å². The summed E-state index contributed by atoms with van der Waals surface area (Å²) in [5.74, 6) is 0.677. The molecule has 1 aromatic carbocycles. The molecule has 1 nitrogen and oxygen atoms in total. The van der Waals surface area contributed by atoms with Gasteiger partial charge in [-0.05, 0) is 29.9 Å². The highest BCUT2D eigenvalue weighted by Crippen LogP contribution is 2.12.